The molecule has 0 aliphatic rings. The van der Waals surface area contributed by atoms with Gasteiger partial charge in [0.05, 0.1) is 0 Å². The van der Waals surface area contributed by atoms with Crippen molar-refractivity contribution in [3.05, 3.63) is 71.1 Å². The first kappa shape index (κ1) is 18.2. The summed E-state index contributed by atoms with van der Waals surface area (Å²) in [5.41, 5.74) is 8.58. The van der Waals surface area contributed by atoms with Crippen molar-refractivity contribution in [2.75, 3.05) is 11.1 Å². The molecule has 28 heavy (non-hydrogen) atoms. The number of aromatic nitrogens is 5. The number of fused-ring (bicyclic) bond motifs is 1. The standard InChI is InChI=1S/C20H20ClN7/c1-13(10-14-4-3-9-23-20(14)22)11-19-26-25-18-8-7-17(27-28(18)19)24-16-6-2-5-15(21)12-16/h2-9,12-13H,10-11H2,1H3,(H2,22,23)(H,24,27). The summed E-state index contributed by atoms with van der Waals surface area (Å²) in [7, 11) is 0. The number of anilines is 3. The highest BCUT2D eigenvalue weighted by Crippen LogP contribution is 2.20. The number of pyridine rings is 1. The van der Waals surface area contributed by atoms with Gasteiger partial charge in [-0.2, -0.15) is 4.52 Å². The lowest BCUT2D eigenvalue weighted by molar-refractivity contribution is 0.550. The number of nitrogens with two attached hydrogens (primary N) is 1. The summed E-state index contributed by atoms with van der Waals surface area (Å²) in [5.74, 6) is 2.39. The lowest BCUT2D eigenvalue weighted by Gasteiger charge is -2.12. The second-order valence-corrected chi connectivity index (χ2v) is 7.24. The maximum Gasteiger partial charge on any atom is 0.178 e. The summed E-state index contributed by atoms with van der Waals surface area (Å²) in [4.78, 5) is 4.15. The fourth-order valence-corrected chi connectivity index (χ4v) is 3.31. The molecule has 4 aromatic rings. The molecule has 3 heterocycles. The monoisotopic (exact) mass is 393 g/mol. The minimum atomic E-state index is 0.310. The third-order valence-corrected chi connectivity index (χ3v) is 4.69. The van der Waals surface area contributed by atoms with Crippen LogP contribution in [-0.4, -0.2) is 24.8 Å². The number of hydrogen-bond acceptors (Lipinski definition) is 6. The normalized spacial score (nSPS) is 12.2. The molecule has 0 saturated heterocycles. The zero-order valence-corrected chi connectivity index (χ0v) is 16.1. The quantitative estimate of drug-likeness (QED) is 0.515. The van der Waals surface area contributed by atoms with Gasteiger partial charge in [0.1, 0.15) is 5.82 Å². The van der Waals surface area contributed by atoms with Gasteiger partial charge in [-0.25, -0.2) is 4.98 Å². The Balaban J connectivity index is 1.53. The van der Waals surface area contributed by atoms with Crippen molar-refractivity contribution in [1.29, 1.82) is 0 Å². The van der Waals surface area contributed by atoms with Crippen LogP contribution in [0.4, 0.5) is 17.3 Å². The molecule has 0 bridgehead atoms. The van der Waals surface area contributed by atoms with Crippen LogP contribution < -0.4 is 11.1 Å². The summed E-state index contributed by atoms with van der Waals surface area (Å²) in [5, 5.41) is 17.1. The average Bonchev–Trinajstić information content (AvgIpc) is 3.06. The van der Waals surface area contributed by atoms with Crippen molar-refractivity contribution in [3.63, 3.8) is 0 Å². The SMILES string of the molecule is CC(Cc1cccnc1N)Cc1nnc2ccc(Nc3cccc(Cl)c3)nn12. The number of nitrogens with one attached hydrogen (secondary N) is 1. The Morgan fingerprint density at radius 3 is 2.82 bits per heavy atom. The third kappa shape index (κ3) is 4.04. The number of halogens is 1. The Kier molecular flexibility index (Phi) is 5.08. The summed E-state index contributed by atoms with van der Waals surface area (Å²) < 4.78 is 1.77. The fourth-order valence-electron chi connectivity index (χ4n) is 3.12. The molecule has 1 aromatic carbocycles. The van der Waals surface area contributed by atoms with E-state index < -0.39 is 0 Å². The zero-order valence-electron chi connectivity index (χ0n) is 15.4. The van der Waals surface area contributed by atoms with Crippen LogP contribution in [0.2, 0.25) is 5.02 Å². The van der Waals surface area contributed by atoms with Gasteiger partial charge in [0, 0.05) is 23.3 Å². The Bertz CT molecular complexity index is 1110. The van der Waals surface area contributed by atoms with Gasteiger partial charge in [-0.3, -0.25) is 0 Å². The third-order valence-electron chi connectivity index (χ3n) is 4.45. The van der Waals surface area contributed by atoms with Crippen LogP contribution >= 0.6 is 11.6 Å². The number of rotatable bonds is 6. The van der Waals surface area contributed by atoms with Crippen LogP contribution in [0.5, 0.6) is 0 Å². The molecule has 1 unspecified atom stereocenters. The van der Waals surface area contributed by atoms with Crippen LogP contribution in [-0.2, 0) is 12.8 Å². The second kappa shape index (κ2) is 7.82. The van der Waals surface area contributed by atoms with Gasteiger partial charge in [-0.05, 0) is 54.3 Å². The Hall–Kier alpha value is -3.19. The predicted octanol–water partition coefficient (Wildman–Crippen LogP) is 3.92. The van der Waals surface area contributed by atoms with Crippen molar-refractivity contribution in [2.45, 2.75) is 19.8 Å². The lowest BCUT2D eigenvalue weighted by Crippen LogP contribution is -2.10. The van der Waals surface area contributed by atoms with Gasteiger partial charge >= 0.3 is 0 Å². The Morgan fingerprint density at radius 1 is 1.11 bits per heavy atom. The summed E-state index contributed by atoms with van der Waals surface area (Å²) >= 11 is 6.05. The number of nitrogen functional groups attached to an aromatic ring is 1. The largest absolute Gasteiger partial charge is 0.383 e. The van der Waals surface area contributed by atoms with Crippen molar-refractivity contribution >= 4 is 34.6 Å². The molecule has 0 aliphatic heterocycles. The van der Waals surface area contributed by atoms with Crippen LogP contribution in [0.3, 0.4) is 0 Å². The molecule has 3 aromatic heterocycles. The van der Waals surface area contributed by atoms with Gasteiger partial charge in [-0.15, -0.1) is 15.3 Å². The smallest absolute Gasteiger partial charge is 0.178 e. The lowest BCUT2D eigenvalue weighted by atomic mass is 9.98. The molecule has 1 atom stereocenters. The molecule has 0 spiro atoms. The topological polar surface area (TPSA) is 94.0 Å². The molecule has 0 aliphatic carbocycles. The number of benzene rings is 1. The molecule has 8 heteroatoms. The van der Waals surface area contributed by atoms with Crippen LogP contribution in [0.1, 0.15) is 18.3 Å². The first-order valence-electron chi connectivity index (χ1n) is 9.02. The molecule has 7 nitrogen and oxygen atoms in total. The van der Waals surface area contributed by atoms with E-state index in [4.69, 9.17) is 17.3 Å². The predicted molar refractivity (Wildman–Crippen MR) is 111 cm³/mol. The highest BCUT2D eigenvalue weighted by molar-refractivity contribution is 6.30. The van der Waals surface area contributed by atoms with E-state index in [2.05, 4.69) is 32.5 Å². The van der Waals surface area contributed by atoms with Gasteiger partial charge < -0.3 is 11.1 Å². The van der Waals surface area contributed by atoms with E-state index >= 15 is 0 Å². The molecule has 0 amide bonds. The van der Waals surface area contributed by atoms with E-state index in [1.165, 1.54) is 0 Å². The van der Waals surface area contributed by atoms with E-state index in [1.807, 2.05) is 48.5 Å². The molecular formula is C20H20ClN7. The zero-order chi connectivity index (χ0) is 19.5. The molecule has 4 rings (SSSR count). The minimum Gasteiger partial charge on any atom is -0.383 e. The fraction of sp³-hybridized carbons (Fsp3) is 0.200. The van der Waals surface area contributed by atoms with Crippen LogP contribution in [0.25, 0.3) is 5.65 Å². The van der Waals surface area contributed by atoms with Gasteiger partial charge in [-0.1, -0.05) is 30.7 Å². The van der Waals surface area contributed by atoms with Crippen LogP contribution in [0.15, 0.2) is 54.7 Å². The maximum absolute atomic E-state index is 6.05. The van der Waals surface area contributed by atoms with Gasteiger partial charge in [0.2, 0.25) is 0 Å². The van der Waals surface area contributed by atoms with Crippen molar-refractivity contribution in [1.82, 2.24) is 24.8 Å². The Labute approximate surface area is 167 Å². The van der Waals surface area contributed by atoms with E-state index in [-0.39, 0.29) is 0 Å². The summed E-state index contributed by atoms with van der Waals surface area (Å²) in [6, 6.07) is 15.2. The number of nitrogens with zero attached hydrogens (tertiary/aromatic N) is 5. The number of hydrogen-bond donors (Lipinski definition) is 2. The Morgan fingerprint density at radius 2 is 2.00 bits per heavy atom. The summed E-state index contributed by atoms with van der Waals surface area (Å²) in [6.45, 7) is 2.15. The molecule has 0 fully saturated rings. The van der Waals surface area contributed by atoms with Crippen molar-refractivity contribution in [2.24, 2.45) is 5.92 Å². The van der Waals surface area contributed by atoms with E-state index in [1.54, 1.807) is 10.7 Å². The molecule has 142 valence electrons. The maximum atomic E-state index is 6.05. The second-order valence-electron chi connectivity index (χ2n) is 6.80. The van der Waals surface area contributed by atoms with Gasteiger partial charge in [0.15, 0.2) is 17.3 Å². The van der Waals surface area contributed by atoms with E-state index in [9.17, 15) is 0 Å². The first-order valence-corrected chi connectivity index (χ1v) is 9.39. The van der Waals surface area contributed by atoms with Crippen molar-refractivity contribution < 1.29 is 0 Å². The summed E-state index contributed by atoms with van der Waals surface area (Å²) in [6.07, 6.45) is 3.24. The highest BCUT2D eigenvalue weighted by atomic mass is 35.5. The van der Waals surface area contributed by atoms with Gasteiger partial charge in [0.25, 0.3) is 0 Å². The minimum absolute atomic E-state index is 0.310. The molecule has 0 saturated carbocycles. The molecule has 0 radical (unpaired) electrons. The van der Waals surface area contributed by atoms with E-state index in [0.29, 0.717) is 28.2 Å². The molecule has 3 N–H and O–H groups in total. The van der Waals surface area contributed by atoms with Crippen molar-refractivity contribution in [3.8, 4) is 0 Å². The van der Waals surface area contributed by atoms with E-state index in [0.717, 1.165) is 29.9 Å². The average molecular weight is 394 g/mol. The van der Waals surface area contributed by atoms with Crippen LogP contribution in [0, 0.1) is 5.92 Å². The molecular weight excluding hydrogens is 374 g/mol. The first-order chi connectivity index (χ1) is 13.6. The highest BCUT2D eigenvalue weighted by Gasteiger charge is 2.14.